The van der Waals surface area contributed by atoms with Crippen molar-refractivity contribution in [3.05, 3.63) is 12.1 Å². The first-order chi connectivity index (χ1) is 8.00. The van der Waals surface area contributed by atoms with Crippen LogP contribution in [-0.2, 0) is 9.05 Å². The van der Waals surface area contributed by atoms with Crippen molar-refractivity contribution in [1.82, 2.24) is 0 Å². The van der Waals surface area contributed by atoms with Crippen molar-refractivity contribution in [2.45, 2.75) is 23.5 Å². The van der Waals surface area contributed by atoms with E-state index >= 15 is 0 Å². The fourth-order valence-corrected chi connectivity index (χ4v) is 3.04. The minimum Gasteiger partial charge on any atom is -0.495 e. The Morgan fingerprint density at radius 3 is 2.71 bits per heavy atom. The lowest BCUT2D eigenvalue weighted by molar-refractivity contribution is 0.160. The van der Waals surface area contributed by atoms with Gasteiger partial charge in [-0.1, -0.05) is 0 Å². The Morgan fingerprint density at radius 2 is 2.06 bits per heavy atom. The third-order valence-electron chi connectivity index (χ3n) is 2.73. The molecule has 1 aromatic carbocycles. The number of halogens is 1. The van der Waals surface area contributed by atoms with Crippen molar-refractivity contribution in [2.75, 3.05) is 7.11 Å². The molecule has 2 atom stereocenters. The van der Waals surface area contributed by atoms with E-state index in [1.54, 1.807) is 6.07 Å². The number of hydrogen-bond donors (Lipinski definition) is 0. The van der Waals surface area contributed by atoms with Gasteiger partial charge in [-0.3, -0.25) is 0 Å². The molecule has 0 N–H and O–H groups in total. The molecule has 0 saturated heterocycles. The molecule has 92 valence electrons. The van der Waals surface area contributed by atoms with Crippen molar-refractivity contribution >= 4 is 19.7 Å². The summed E-state index contributed by atoms with van der Waals surface area (Å²) in [5.41, 5.74) is 0. The van der Waals surface area contributed by atoms with E-state index in [0.717, 1.165) is 6.42 Å². The van der Waals surface area contributed by atoms with Gasteiger partial charge in [0.2, 0.25) is 0 Å². The quantitative estimate of drug-likeness (QED) is 0.767. The molecule has 0 spiro atoms. The van der Waals surface area contributed by atoms with Crippen LogP contribution in [-0.4, -0.2) is 27.7 Å². The fourth-order valence-electron chi connectivity index (χ4n) is 1.84. The maximum Gasteiger partial charge on any atom is 0.268 e. The number of fused-ring (bicyclic) bond motifs is 2. The van der Waals surface area contributed by atoms with Gasteiger partial charge in [0, 0.05) is 17.1 Å². The average molecular weight is 277 g/mol. The summed E-state index contributed by atoms with van der Waals surface area (Å²) in [5, 5.41) is 0. The van der Waals surface area contributed by atoms with Crippen LogP contribution in [0.1, 0.15) is 6.42 Å². The van der Waals surface area contributed by atoms with Gasteiger partial charge < -0.3 is 14.2 Å². The zero-order valence-electron chi connectivity index (χ0n) is 8.84. The summed E-state index contributed by atoms with van der Waals surface area (Å²) in [6.07, 6.45) is 0.715. The first-order valence-corrected chi connectivity index (χ1v) is 7.30. The first kappa shape index (κ1) is 11.0. The normalized spacial score (nSPS) is 25.1. The Morgan fingerprint density at radius 1 is 1.35 bits per heavy atom. The number of methoxy groups -OCH3 is 1. The third-order valence-corrected chi connectivity index (χ3v) is 4.06. The van der Waals surface area contributed by atoms with Crippen LogP contribution in [0.3, 0.4) is 0 Å². The molecule has 0 radical (unpaired) electrons. The van der Waals surface area contributed by atoms with E-state index in [-0.39, 0.29) is 28.6 Å². The largest absolute Gasteiger partial charge is 0.495 e. The van der Waals surface area contributed by atoms with Crippen molar-refractivity contribution in [3.8, 4) is 17.2 Å². The van der Waals surface area contributed by atoms with Crippen LogP contribution in [0.15, 0.2) is 17.0 Å². The summed E-state index contributed by atoms with van der Waals surface area (Å²) in [6, 6.07) is 3.12. The number of hydrogen-bond acceptors (Lipinski definition) is 5. The average Bonchev–Trinajstić information content (AvgIpc) is 3.00. The van der Waals surface area contributed by atoms with Gasteiger partial charge in [0.1, 0.15) is 18.0 Å². The molecule has 1 heterocycles. The van der Waals surface area contributed by atoms with Gasteiger partial charge in [-0.2, -0.15) is 0 Å². The van der Waals surface area contributed by atoms with E-state index in [1.807, 2.05) is 0 Å². The lowest BCUT2D eigenvalue weighted by Gasteiger charge is -2.20. The van der Waals surface area contributed by atoms with Crippen LogP contribution in [0.4, 0.5) is 0 Å². The topological polar surface area (TPSA) is 61.8 Å². The molecule has 1 aliphatic carbocycles. The van der Waals surface area contributed by atoms with Crippen molar-refractivity contribution in [3.63, 3.8) is 0 Å². The van der Waals surface area contributed by atoms with E-state index in [2.05, 4.69) is 0 Å². The maximum absolute atomic E-state index is 11.6. The molecule has 1 saturated carbocycles. The molecular formula is C10H9ClO5S. The predicted octanol–water partition coefficient (Wildman–Crippen LogP) is 1.53. The molecule has 0 bridgehead atoms. The third kappa shape index (κ3) is 1.71. The Bertz CT molecular complexity index is 583. The molecule has 2 aliphatic rings. The Kier molecular flexibility index (Phi) is 2.21. The standard InChI is InChI=1S/C10H9ClO5S/c1-14-6-3-2-5-9(10(6)17(11,12)13)16-8-4-7(8)15-5/h2-3,7-8H,4H2,1H3. The molecular weight excluding hydrogens is 268 g/mol. The maximum atomic E-state index is 11.6. The number of benzene rings is 1. The second-order valence-corrected chi connectivity index (χ2v) is 6.41. The van der Waals surface area contributed by atoms with Gasteiger partial charge in [-0.05, 0) is 12.1 Å². The molecule has 0 aromatic heterocycles. The van der Waals surface area contributed by atoms with Gasteiger partial charge in [0.15, 0.2) is 16.4 Å². The van der Waals surface area contributed by atoms with Gasteiger partial charge >= 0.3 is 0 Å². The Balaban J connectivity index is 2.22. The molecule has 1 fully saturated rings. The summed E-state index contributed by atoms with van der Waals surface area (Å²) in [5.74, 6) is 0.698. The Hall–Kier alpha value is -1.14. The SMILES string of the molecule is COc1ccc2c(c1S(=O)(=O)Cl)OC1CC1O2. The summed E-state index contributed by atoms with van der Waals surface area (Å²) in [4.78, 5) is -0.162. The zero-order valence-corrected chi connectivity index (χ0v) is 10.4. The van der Waals surface area contributed by atoms with E-state index in [0.29, 0.717) is 5.75 Å². The summed E-state index contributed by atoms with van der Waals surface area (Å²) in [6.45, 7) is 0. The molecule has 0 amide bonds. The van der Waals surface area contributed by atoms with E-state index in [4.69, 9.17) is 24.9 Å². The van der Waals surface area contributed by atoms with Crippen LogP contribution in [0.5, 0.6) is 17.2 Å². The van der Waals surface area contributed by atoms with Crippen molar-refractivity contribution in [2.24, 2.45) is 0 Å². The number of rotatable bonds is 2. The van der Waals surface area contributed by atoms with Gasteiger partial charge in [0.25, 0.3) is 9.05 Å². The highest BCUT2D eigenvalue weighted by Crippen LogP contribution is 2.49. The molecule has 1 aromatic rings. The van der Waals surface area contributed by atoms with Crippen LogP contribution in [0.25, 0.3) is 0 Å². The van der Waals surface area contributed by atoms with Gasteiger partial charge in [-0.15, -0.1) is 0 Å². The van der Waals surface area contributed by atoms with Crippen LogP contribution >= 0.6 is 10.7 Å². The molecule has 3 rings (SSSR count). The molecule has 7 heteroatoms. The second kappa shape index (κ2) is 3.43. The zero-order chi connectivity index (χ0) is 12.2. The van der Waals surface area contributed by atoms with E-state index in [9.17, 15) is 8.42 Å². The van der Waals surface area contributed by atoms with Gasteiger partial charge in [-0.25, -0.2) is 8.42 Å². The van der Waals surface area contributed by atoms with Crippen molar-refractivity contribution < 1.29 is 22.6 Å². The molecule has 2 unspecified atom stereocenters. The molecule has 1 aliphatic heterocycles. The Labute approximate surface area is 103 Å². The van der Waals surface area contributed by atoms with Crippen LogP contribution in [0.2, 0.25) is 0 Å². The van der Waals surface area contributed by atoms with E-state index in [1.165, 1.54) is 13.2 Å². The van der Waals surface area contributed by atoms with Crippen molar-refractivity contribution in [1.29, 1.82) is 0 Å². The minimum atomic E-state index is -3.95. The monoisotopic (exact) mass is 276 g/mol. The second-order valence-electron chi connectivity index (χ2n) is 3.91. The highest BCUT2D eigenvalue weighted by Gasteiger charge is 2.48. The lowest BCUT2D eigenvalue weighted by Crippen LogP contribution is -2.17. The summed E-state index contributed by atoms with van der Waals surface area (Å²) in [7, 11) is 2.82. The highest BCUT2D eigenvalue weighted by molar-refractivity contribution is 8.14. The fraction of sp³-hybridized carbons (Fsp3) is 0.400. The van der Waals surface area contributed by atoms with Gasteiger partial charge in [0.05, 0.1) is 7.11 Å². The van der Waals surface area contributed by atoms with E-state index < -0.39 is 9.05 Å². The lowest BCUT2D eigenvalue weighted by atomic mass is 10.3. The summed E-state index contributed by atoms with van der Waals surface area (Å²) < 4.78 is 39.2. The van der Waals surface area contributed by atoms with Crippen LogP contribution < -0.4 is 14.2 Å². The smallest absolute Gasteiger partial charge is 0.268 e. The number of ether oxygens (including phenoxy) is 3. The molecule has 17 heavy (non-hydrogen) atoms. The molecule has 5 nitrogen and oxygen atoms in total. The summed E-state index contributed by atoms with van der Waals surface area (Å²) >= 11 is 0. The predicted molar refractivity (Wildman–Crippen MR) is 59.5 cm³/mol. The highest BCUT2D eigenvalue weighted by atomic mass is 35.7. The van der Waals surface area contributed by atoms with Crippen LogP contribution in [0, 0.1) is 0 Å². The minimum absolute atomic E-state index is 0.0294. The first-order valence-electron chi connectivity index (χ1n) is 4.99.